The van der Waals surface area contributed by atoms with Gasteiger partial charge in [-0.3, -0.25) is 9.69 Å². The van der Waals surface area contributed by atoms with E-state index in [4.69, 9.17) is 12.2 Å². The summed E-state index contributed by atoms with van der Waals surface area (Å²) < 4.78 is 0.582. The summed E-state index contributed by atoms with van der Waals surface area (Å²) in [4.78, 5) is 14.8. The molecule has 23 heavy (non-hydrogen) atoms. The van der Waals surface area contributed by atoms with Crippen molar-refractivity contribution in [1.82, 2.24) is 4.90 Å². The van der Waals surface area contributed by atoms with Crippen LogP contribution >= 0.6 is 24.0 Å². The molecule has 1 saturated heterocycles. The second-order valence-corrected chi connectivity index (χ2v) is 6.85. The molecule has 1 aliphatic heterocycles. The van der Waals surface area contributed by atoms with Crippen LogP contribution in [0, 0.1) is 6.92 Å². The van der Waals surface area contributed by atoms with Crippen molar-refractivity contribution in [2.24, 2.45) is 0 Å². The Hall–Kier alpha value is -2.11. The van der Waals surface area contributed by atoms with Gasteiger partial charge in [0.15, 0.2) is 0 Å². The van der Waals surface area contributed by atoms with Gasteiger partial charge in [0.05, 0.1) is 11.6 Å². The first-order valence-corrected chi connectivity index (χ1v) is 8.47. The molecule has 0 aliphatic carbocycles. The number of benzene rings is 2. The predicted octanol–water partition coefficient (Wildman–Crippen LogP) is 4.27. The van der Waals surface area contributed by atoms with Crippen molar-refractivity contribution in [2.75, 3.05) is 12.0 Å². The number of aryl methyl sites for hydroxylation is 1. The first-order chi connectivity index (χ1) is 11.1. The second kappa shape index (κ2) is 6.98. The van der Waals surface area contributed by atoms with E-state index < -0.39 is 0 Å². The lowest BCUT2D eigenvalue weighted by Crippen LogP contribution is -2.33. The Kier molecular flexibility index (Phi) is 4.79. The average Bonchev–Trinajstić information content (AvgIpc) is 2.82. The highest BCUT2D eigenvalue weighted by Gasteiger charge is 2.31. The molecule has 3 nitrogen and oxygen atoms in total. The summed E-state index contributed by atoms with van der Waals surface area (Å²) in [5.41, 5.74) is 3.14. The Labute approximate surface area is 145 Å². The van der Waals surface area contributed by atoms with E-state index >= 15 is 0 Å². The van der Waals surface area contributed by atoms with Gasteiger partial charge in [-0.1, -0.05) is 72.5 Å². The van der Waals surface area contributed by atoms with Crippen LogP contribution < -0.4 is 5.32 Å². The topological polar surface area (TPSA) is 32.3 Å². The van der Waals surface area contributed by atoms with Gasteiger partial charge in [-0.05, 0) is 30.2 Å². The van der Waals surface area contributed by atoms with E-state index in [1.165, 1.54) is 11.8 Å². The molecular weight excluding hydrogens is 324 g/mol. The van der Waals surface area contributed by atoms with Crippen molar-refractivity contribution >= 4 is 46.0 Å². The molecule has 1 aliphatic rings. The molecule has 2 aromatic carbocycles. The van der Waals surface area contributed by atoms with Gasteiger partial charge in [0.25, 0.3) is 5.91 Å². The third-order valence-electron chi connectivity index (χ3n) is 3.54. The smallest absolute Gasteiger partial charge is 0.267 e. The molecule has 0 radical (unpaired) electrons. The molecule has 1 N–H and O–H groups in total. The fourth-order valence-corrected chi connectivity index (χ4v) is 3.53. The molecule has 1 amide bonds. The lowest BCUT2D eigenvalue weighted by Gasteiger charge is -2.17. The van der Waals surface area contributed by atoms with E-state index in [1.807, 2.05) is 67.6 Å². The summed E-state index contributed by atoms with van der Waals surface area (Å²) in [7, 11) is 0. The quantitative estimate of drug-likeness (QED) is 0.666. The number of anilines is 1. The van der Waals surface area contributed by atoms with Crippen molar-refractivity contribution in [3.8, 4) is 0 Å². The number of carbonyl (C=O) groups excluding carboxylic acids is 1. The van der Waals surface area contributed by atoms with Gasteiger partial charge < -0.3 is 5.32 Å². The third kappa shape index (κ3) is 3.63. The molecular formula is C18H16N2OS2. The molecule has 116 valence electrons. The molecule has 5 heteroatoms. The summed E-state index contributed by atoms with van der Waals surface area (Å²) in [5.74, 6) is -0.0510. The molecule has 0 saturated carbocycles. The van der Waals surface area contributed by atoms with Gasteiger partial charge in [0.2, 0.25) is 0 Å². The molecule has 0 spiro atoms. The van der Waals surface area contributed by atoms with E-state index in [1.54, 1.807) is 4.90 Å². The minimum absolute atomic E-state index is 0.0510. The number of nitrogens with zero attached hydrogens (tertiary/aromatic N) is 1. The SMILES string of the molecule is Cc1ccccc1NCN1C(=O)/C(=C\c2ccccc2)SC1=S. The highest BCUT2D eigenvalue weighted by molar-refractivity contribution is 8.26. The monoisotopic (exact) mass is 340 g/mol. The molecule has 2 aromatic rings. The zero-order valence-electron chi connectivity index (χ0n) is 12.7. The minimum atomic E-state index is -0.0510. The van der Waals surface area contributed by atoms with Crippen LogP contribution in [0.1, 0.15) is 11.1 Å². The number of nitrogens with one attached hydrogen (secondary N) is 1. The van der Waals surface area contributed by atoms with E-state index in [-0.39, 0.29) is 5.91 Å². The van der Waals surface area contributed by atoms with Gasteiger partial charge in [-0.25, -0.2) is 0 Å². The van der Waals surface area contributed by atoms with Crippen LogP contribution in [0.15, 0.2) is 59.5 Å². The first kappa shape index (κ1) is 15.8. The number of thiocarbonyl (C=S) groups is 1. The predicted molar refractivity (Wildman–Crippen MR) is 101 cm³/mol. The third-order valence-corrected chi connectivity index (χ3v) is 4.92. The highest BCUT2D eigenvalue weighted by atomic mass is 32.2. The summed E-state index contributed by atoms with van der Waals surface area (Å²) in [5, 5.41) is 3.28. The van der Waals surface area contributed by atoms with Gasteiger partial charge in [-0.15, -0.1) is 0 Å². The van der Waals surface area contributed by atoms with Crippen molar-refractivity contribution in [3.05, 3.63) is 70.6 Å². The van der Waals surface area contributed by atoms with Crippen LogP contribution in [-0.2, 0) is 4.79 Å². The van der Waals surface area contributed by atoms with Crippen LogP contribution in [0.2, 0.25) is 0 Å². The molecule has 3 rings (SSSR count). The minimum Gasteiger partial charge on any atom is -0.367 e. The van der Waals surface area contributed by atoms with Crippen molar-refractivity contribution in [3.63, 3.8) is 0 Å². The fraction of sp³-hybridized carbons (Fsp3) is 0.111. The van der Waals surface area contributed by atoms with Crippen LogP contribution in [0.3, 0.4) is 0 Å². The Morgan fingerprint density at radius 1 is 1.13 bits per heavy atom. The number of hydrogen-bond acceptors (Lipinski definition) is 4. The normalized spacial score (nSPS) is 16.2. The lowest BCUT2D eigenvalue weighted by molar-refractivity contribution is -0.121. The molecule has 1 fully saturated rings. The van der Waals surface area contributed by atoms with E-state index in [0.29, 0.717) is 15.9 Å². The maximum absolute atomic E-state index is 12.5. The largest absolute Gasteiger partial charge is 0.367 e. The molecule has 0 aromatic heterocycles. The number of rotatable bonds is 4. The molecule has 0 unspecified atom stereocenters. The standard InChI is InChI=1S/C18H16N2OS2/c1-13-7-5-6-10-15(13)19-12-20-17(21)16(23-18(20)22)11-14-8-3-2-4-9-14/h2-11,19H,12H2,1H3/b16-11+. The Morgan fingerprint density at radius 2 is 1.83 bits per heavy atom. The lowest BCUT2D eigenvalue weighted by atomic mass is 10.2. The maximum Gasteiger partial charge on any atom is 0.267 e. The average molecular weight is 340 g/mol. The van der Waals surface area contributed by atoms with Gasteiger partial charge >= 0.3 is 0 Å². The zero-order chi connectivity index (χ0) is 16.2. The van der Waals surface area contributed by atoms with Gasteiger partial charge in [-0.2, -0.15) is 0 Å². The fourth-order valence-electron chi connectivity index (χ4n) is 2.27. The van der Waals surface area contributed by atoms with E-state index in [9.17, 15) is 4.79 Å². The summed E-state index contributed by atoms with van der Waals surface area (Å²) in [6.07, 6.45) is 1.88. The second-order valence-electron chi connectivity index (χ2n) is 5.17. The van der Waals surface area contributed by atoms with Crippen LogP contribution in [-0.4, -0.2) is 21.8 Å². The molecule has 0 atom stereocenters. The summed E-state index contributed by atoms with van der Waals surface area (Å²) in [6.45, 7) is 2.41. The first-order valence-electron chi connectivity index (χ1n) is 7.25. The Morgan fingerprint density at radius 3 is 2.57 bits per heavy atom. The van der Waals surface area contributed by atoms with E-state index in [0.717, 1.165) is 16.8 Å². The van der Waals surface area contributed by atoms with Crippen molar-refractivity contribution in [1.29, 1.82) is 0 Å². The number of para-hydroxylation sites is 1. The summed E-state index contributed by atoms with van der Waals surface area (Å²) >= 11 is 6.69. The zero-order valence-corrected chi connectivity index (χ0v) is 14.3. The van der Waals surface area contributed by atoms with Crippen LogP contribution in [0.5, 0.6) is 0 Å². The maximum atomic E-state index is 12.5. The molecule has 0 bridgehead atoms. The number of carbonyl (C=O) groups is 1. The van der Waals surface area contributed by atoms with Crippen molar-refractivity contribution in [2.45, 2.75) is 6.92 Å². The Bertz CT molecular complexity index is 772. The van der Waals surface area contributed by atoms with Crippen LogP contribution in [0.4, 0.5) is 5.69 Å². The van der Waals surface area contributed by atoms with Crippen molar-refractivity contribution < 1.29 is 4.79 Å². The summed E-state index contributed by atoms with van der Waals surface area (Å²) in [6, 6.07) is 17.8. The van der Waals surface area contributed by atoms with Gasteiger partial charge in [0, 0.05) is 5.69 Å². The Balaban J connectivity index is 1.72. The number of thioether (sulfide) groups is 1. The number of amides is 1. The highest BCUT2D eigenvalue weighted by Crippen LogP contribution is 2.32. The van der Waals surface area contributed by atoms with E-state index in [2.05, 4.69) is 5.32 Å². The molecule has 1 heterocycles. The van der Waals surface area contributed by atoms with Crippen LogP contribution in [0.25, 0.3) is 6.08 Å². The number of hydrogen-bond donors (Lipinski definition) is 1. The van der Waals surface area contributed by atoms with Gasteiger partial charge in [0.1, 0.15) is 4.32 Å².